The zero-order valence-electron chi connectivity index (χ0n) is 9.50. The van der Waals surface area contributed by atoms with Crippen LogP contribution in [-0.2, 0) is 14.8 Å². The standard InChI is InChI=1S/C9H17N3O4S/c13-9(14)7-17(15,16)12-5-8(6-12)11-3-1-10-2-4-11/h8,10H,1-7H2,(H,13,14). The summed E-state index contributed by atoms with van der Waals surface area (Å²) in [5.41, 5.74) is 0. The summed E-state index contributed by atoms with van der Waals surface area (Å²) in [5, 5.41) is 11.7. The highest BCUT2D eigenvalue weighted by molar-refractivity contribution is 7.89. The van der Waals surface area contributed by atoms with Gasteiger partial charge in [0.2, 0.25) is 10.0 Å². The number of piperazine rings is 1. The van der Waals surface area contributed by atoms with Gasteiger partial charge in [0.25, 0.3) is 0 Å². The topological polar surface area (TPSA) is 89.9 Å². The molecule has 2 aliphatic rings. The number of aliphatic carboxylic acids is 1. The molecule has 17 heavy (non-hydrogen) atoms. The van der Waals surface area contributed by atoms with E-state index < -0.39 is 21.7 Å². The first-order chi connectivity index (χ1) is 7.99. The van der Waals surface area contributed by atoms with Crippen molar-refractivity contribution in [2.24, 2.45) is 0 Å². The fourth-order valence-corrected chi connectivity index (χ4v) is 3.46. The number of nitrogens with zero attached hydrogens (tertiary/aromatic N) is 2. The Morgan fingerprint density at radius 1 is 1.29 bits per heavy atom. The highest BCUT2D eigenvalue weighted by Gasteiger charge is 2.39. The fraction of sp³-hybridized carbons (Fsp3) is 0.889. The molecular formula is C9H17N3O4S. The normalized spacial score (nSPS) is 24.5. The second-order valence-corrected chi connectivity index (χ2v) is 6.38. The molecule has 0 amide bonds. The summed E-state index contributed by atoms with van der Waals surface area (Å²) in [6.45, 7) is 4.57. The number of carbonyl (C=O) groups is 1. The van der Waals surface area contributed by atoms with Gasteiger partial charge in [-0.3, -0.25) is 9.69 Å². The third-order valence-electron chi connectivity index (χ3n) is 3.20. The fourth-order valence-electron chi connectivity index (χ4n) is 2.17. The highest BCUT2D eigenvalue weighted by atomic mass is 32.2. The lowest BCUT2D eigenvalue weighted by molar-refractivity contribution is -0.134. The van der Waals surface area contributed by atoms with Crippen LogP contribution in [0.15, 0.2) is 0 Å². The summed E-state index contributed by atoms with van der Waals surface area (Å²) in [5.74, 6) is -2.10. The molecule has 0 spiro atoms. The molecular weight excluding hydrogens is 246 g/mol. The third-order valence-corrected chi connectivity index (χ3v) is 4.89. The summed E-state index contributed by atoms with van der Waals surface area (Å²) >= 11 is 0. The van der Waals surface area contributed by atoms with E-state index in [4.69, 9.17) is 5.11 Å². The molecule has 0 aromatic heterocycles. The second-order valence-electron chi connectivity index (χ2n) is 4.41. The highest BCUT2D eigenvalue weighted by Crippen LogP contribution is 2.19. The maximum Gasteiger partial charge on any atom is 0.320 e. The Hall–Kier alpha value is -0.700. The Bertz CT molecular complexity index is 385. The van der Waals surface area contributed by atoms with E-state index in [1.165, 1.54) is 4.31 Å². The first kappa shape index (κ1) is 12.7. The number of nitrogens with one attached hydrogen (secondary N) is 1. The van der Waals surface area contributed by atoms with Gasteiger partial charge in [-0.1, -0.05) is 0 Å². The predicted octanol–water partition coefficient (Wildman–Crippen LogP) is -2.01. The molecule has 0 aromatic carbocycles. The van der Waals surface area contributed by atoms with Crippen LogP contribution < -0.4 is 5.32 Å². The average molecular weight is 263 g/mol. The molecule has 0 aliphatic carbocycles. The lowest BCUT2D eigenvalue weighted by Crippen LogP contribution is -2.64. The van der Waals surface area contributed by atoms with E-state index in [1.54, 1.807) is 0 Å². The van der Waals surface area contributed by atoms with Crippen molar-refractivity contribution in [2.45, 2.75) is 6.04 Å². The number of hydrogen-bond acceptors (Lipinski definition) is 5. The smallest absolute Gasteiger partial charge is 0.320 e. The van der Waals surface area contributed by atoms with E-state index in [0.29, 0.717) is 13.1 Å². The molecule has 0 aromatic rings. The van der Waals surface area contributed by atoms with E-state index in [1.807, 2.05) is 0 Å². The van der Waals surface area contributed by atoms with Crippen LogP contribution in [-0.4, -0.2) is 79.8 Å². The Labute approximate surface area is 100 Å². The molecule has 0 bridgehead atoms. The lowest BCUT2D eigenvalue weighted by Gasteiger charge is -2.45. The van der Waals surface area contributed by atoms with Crippen LogP contribution in [0.3, 0.4) is 0 Å². The summed E-state index contributed by atoms with van der Waals surface area (Å²) in [7, 11) is -3.60. The molecule has 0 radical (unpaired) electrons. The number of carboxylic acids is 1. The molecule has 98 valence electrons. The Kier molecular flexibility index (Phi) is 3.67. The van der Waals surface area contributed by atoms with Crippen LogP contribution in [0, 0.1) is 0 Å². The summed E-state index contributed by atoms with van der Waals surface area (Å²) in [4.78, 5) is 12.7. The quantitative estimate of drug-likeness (QED) is 0.609. The van der Waals surface area contributed by atoms with Crippen molar-refractivity contribution in [1.29, 1.82) is 0 Å². The van der Waals surface area contributed by atoms with Gasteiger partial charge in [-0.25, -0.2) is 8.42 Å². The van der Waals surface area contributed by atoms with Gasteiger partial charge in [-0.05, 0) is 0 Å². The van der Waals surface area contributed by atoms with Crippen molar-refractivity contribution >= 4 is 16.0 Å². The van der Waals surface area contributed by atoms with Crippen molar-refractivity contribution in [2.75, 3.05) is 45.0 Å². The molecule has 0 saturated carbocycles. The lowest BCUT2D eigenvalue weighted by atomic mass is 10.1. The van der Waals surface area contributed by atoms with Gasteiger partial charge in [0.1, 0.15) is 0 Å². The van der Waals surface area contributed by atoms with E-state index in [-0.39, 0.29) is 6.04 Å². The zero-order chi connectivity index (χ0) is 12.5. The van der Waals surface area contributed by atoms with Gasteiger partial charge in [0.15, 0.2) is 5.75 Å². The van der Waals surface area contributed by atoms with E-state index >= 15 is 0 Å². The number of rotatable bonds is 4. The summed E-state index contributed by atoms with van der Waals surface area (Å²) < 4.78 is 24.4. The van der Waals surface area contributed by atoms with Gasteiger partial charge >= 0.3 is 5.97 Å². The first-order valence-corrected chi connectivity index (χ1v) is 7.24. The van der Waals surface area contributed by atoms with Crippen molar-refractivity contribution in [3.05, 3.63) is 0 Å². The minimum absolute atomic E-state index is 0.251. The van der Waals surface area contributed by atoms with E-state index in [0.717, 1.165) is 26.2 Å². The number of sulfonamides is 1. The minimum atomic E-state index is -3.60. The monoisotopic (exact) mass is 263 g/mol. The summed E-state index contributed by atoms with van der Waals surface area (Å²) in [6, 6.07) is 0.251. The number of carboxylic acid groups (broad SMARTS) is 1. The molecule has 0 unspecified atom stereocenters. The SMILES string of the molecule is O=C(O)CS(=O)(=O)N1CC(N2CCNCC2)C1. The first-order valence-electron chi connectivity index (χ1n) is 5.63. The van der Waals surface area contributed by atoms with Crippen LogP contribution in [0.25, 0.3) is 0 Å². The van der Waals surface area contributed by atoms with Crippen LogP contribution in [0.2, 0.25) is 0 Å². The molecule has 2 rings (SSSR count). The van der Waals surface area contributed by atoms with Crippen molar-refractivity contribution in [3.63, 3.8) is 0 Å². The van der Waals surface area contributed by atoms with Gasteiger partial charge in [0.05, 0.1) is 0 Å². The number of hydrogen-bond donors (Lipinski definition) is 2. The Balaban J connectivity index is 1.83. The van der Waals surface area contributed by atoms with Crippen LogP contribution in [0.1, 0.15) is 0 Å². The molecule has 8 heteroatoms. The van der Waals surface area contributed by atoms with Crippen molar-refractivity contribution in [1.82, 2.24) is 14.5 Å². The molecule has 2 saturated heterocycles. The Morgan fingerprint density at radius 3 is 2.41 bits per heavy atom. The predicted molar refractivity (Wildman–Crippen MR) is 61.2 cm³/mol. The molecule has 2 N–H and O–H groups in total. The van der Waals surface area contributed by atoms with Gasteiger partial charge in [0, 0.05) is 45.3 Å². The maximum absolute atomic E-state index is 11.6. The molecule has 2 aliphatic heterocycles. The van der Waals surface area contributed by atoms with Gasteiger partial charge in [-0.15, -0.1) is 0 Å². The zero-order valence-corrected chi connectivity index (χ0v) is 10.3. The minimum Gasteiger partial charge on any atom is -0.480 e. The van der Waals surface area contributed by atoms with Gasteiger partial charge in [-0.2, -0.15) is 4.31 Å². The molecule has 2 fully saturated rings. The van der Waals surface area contributed by atoms with E-state index in [2.05, 4.69) is 10.2 Å². The third kappa shape index (κ3) is 2.95. The van der Waals surface area contributed by atoms with Crippen LogP contribution >= 0.6 is 0 Å². The molecule has 2 heterocycles. The second kappa shape index (κ2) is 4.89. The van der Waals surface area contributed by atoms with Crippen molar-refractivity contribution < 1.29 is 18.3 Å². The Morgan fingerprint density at radius 2 is 1.88 bits per heavy atom. The maximum atomic E-state index is 11.6. The molecule has 0 atom stereocenters. The van der Waals surface area contributed by atoms with Crippen LogP contribution in [0.4, 0.5) is 0 Å². The summed E-state index contributed by atoms with van der Waals surface area (Å²) in [6.07, 6.45) is 0. The van der Waals surface area contributed by atoms with Gasteiger partial charge < -0.3 is 10.4 Å². The van der Waals surface area contributed by atoms with Crippen LogP contribution in [0.5, 0.6) is 0 Å². The van der Waals surface area contributed by atoms with Crippen molar-refractivity contribution in [3.8, 4) is 0 Å². The largest absolute Gasteiger partial charge is 0.480 e. The van der Waals surface area contributed by atoms with E-state index in [9.17, 15) is 13.2 Å². The molecule has 7 nitrogen and oxygen atoms in total. The average Bonchev–Trinajstić information content (AvgIpc) is 2.14.